The lowest BCUT2D eigenvalue weighted by Crippen LogP contribution is -2.56. The summed E-state index contributed by atoms with van der Waals surface area (Å²) in [5.74, 6) is 0. The Kier molecular flexibility index (Phi) is 7.90. The van der Waals surface area contributed by atoms with Gasteiger partial charge in [-0.2, -0.15) is 0 Å². The van der Waals surface area contributed by atoms with Crippen LogP contribution in [-0.4, -0.2) is 47.7 Å². The predicted octanol–water partition coefficient (Wildman–Crippen LogP) is 2.10. The Hall–Kier alpha value is -2.28. The van der Waals surface area contributed by atoms with Crippen LogP contribution in [-0.2, 0) is 15.9 Å². The van der Waals surface area contributed by atoms with Gasteiger partial charge >= 0.3 is 12.2 Å². The standard InChI is InChI=1S/C16H24N2O5/c1-4-22-15(20)17-18(16(21)23-5-2)14(12(3)19)11-13-9-7-6-8-10-13/h6-10,12,14,19H,4-5,11H2,1-3H3,(H,17,20)/t12-,14+/m0/s1. The molecule has 0 aliphatic heterocycles. The smallest absolute Gasteiger partial charge is 0.429 e. The van der Waals surface area contributed by atoms with Crippen LogP contribution in [0.2, 0.25) is 0 Å². The van der Waals surface area contributed by atoms with Crippen LogP contribution < -0.4 is 5.43 Å². The predicted molar refractivity (Wildman–Crippen MR) is 84.6 cm³/mol. The molecule has 1 aromatic carbocycles. The maximum Gasteiger partial charge on any atom is 0.429 e. The summed E-state index contributed by atoms with van der Waals surface area (Å²) in [5.41, 5.74) is 3.26. The van der Waals surface area contributed by atoms with Crippen LogP contribution in [0.25, 0.3) is 0 Å². The maximum atomic E-state index is 12.1. The summed E-state index contributed by atoms with van der Waals surface area (Å²) in [5, 5.41) is 11.0. The van der Waals surface area contributed by atoms with Crippen LogP contribution in [0.4, 0.5) is 9.59 Å². The quantitative estimate of drug-likeness (QED) is 0.782. The van der Waals surface area contributed by atoms with Crippen LogP contribution in [0.5, 0.6) is 0 Å². The van der Waals surface area contributed by atoms with Crippen molar-refractivity contribution in [2.24, 2.45) is 0 Å². The molecule has 0 fully saturated rings. The Morgan fingerprint density at radius 3 is 2.30 bits per heavy atom. The van der Waals surface area contributed by atoms with Crippen LogP contribution in [0.1, 0.15) is 26.3 Å². The number of rotatable bonds is 6. The fraction of sp³-hybridized carbons (Fsp3) is 0.500. The number of aliphatic hydroxyl groups excluding tert-OH is 1. The van der Waals surface area contributed by atoms with Gasteiger partial charge in [-0.25, -0.2) is 20.0 Å². The monoisotopic (exact) mass is 324 g/mol. The Morgan fingerprint density at radius 2 is 1.78 bits per heavy atom. The number of nitrogens with zero attached hydrogens (tertiary/aromatic N) is 1. The van der Waals surface area contributed by atoms with Crippen LogP contribution in [0.3, 0.4) is 0 Å². The first-order valence-corrected chi connectivity index (χ1v) is 7.60. The molecule has 0 saturated carbocycles. The van der Waals surface area contributed by atoms with Gasteiger partial charge in [0.15, 0.2) is 0 Å². The fourth-order valence-corrected chi connectivity index (χ4v) is 2.05. The van der Waals surface area contributed by atoms with Gasteiger partial charge in [0.1, 0.15) is 0 Å². The van der Waals surface area contributed by atoms with Crippen molar-refractivity contribution in [1.29, 1.82) is 0 Å². The Bertz CT molecular complexity index is 493. The van der Waals surface area contributed by atoms with Crippen molar-refractivity contribution in [2.45, 2.75) is 39.3 Å². The second-order valence-electron chi connectivity index (χ2n) is 4.90. The van der Waals surface area contributed by atoms with Crippen molar-refractivity contribution in [3.8, 4) is 0 Å². The molecular formula is C16H24N2O5. The number of carbonyl (C=O) groups is 2. The minimum atomic E-state index is -0.887. The molecule has 23 heavy (non-hydrogen) atoms. The number of carbonyl (C=O) groups excluding carboxylic acids is 2. The topological polar surface area (TPSA) is 88.1 Å². The average molecular weight is 324 g/mol. The molecule has 1 rings (SSSR count). The first-order chi connectivity index (χ1) is 11.0. The lowest BCUT2D eigenvalue weighted by atomic mass is 10.0. The van der Waals surface area contributed by atoms with Crippen LogP contribution in [0.15, 0.2) is 30.3 Å². The van der Waals surface area contributed by atoms with Crippen LogP contribution in [0, 0.1) is 0 Å². The molecule has 0 bridgehead atoms. The van der Waals surface area contributed by atoms with Crippen molar-refractivity contribution in [3.05, 3.63) is 35.9 Å². The molecule has 0 aliphatic carbocycles. The normalized spacial score (nSPS) is 12.9. The number of benzene rings is 1. The SMILES string of the molecule is CCOC(=O)NN(C(=O)OCC)[C@H](Cc1ccccc1)[C@H](C)O. The van der Waals surface area contributed by atoms with E-state index in [2.05, 4.69) is 5.43 Å². The zero-order valence-electron chi connectivity index (χ0n) is 13.7. The van der Waals surface area contributed by atoms with E-state index in [4.69, 9.17) is 9.47 Å². The lowest BCUT2D eigenvalue weighted by Gasteiger charge is -2.32. The lowest BCUT2D eigenvalue weighted by molar-refractivity contribution is 0.0151. The number of hydrogen-bond donors (Lipinski definition) is 2. The van der Waals surface area contributed by atoms with Crippen LogP contribution >= 0.6 is 0 Å². The van der Waals surface area contributed by atoms with Gasteiger partial charge in [0.2, 0.25) is 0 Å². The van der Waals surface area contributed by atoms with E-state index in [1.807, 2.05) is 30.3 Å². The van der Waals surface area contributed by atoms with Gasteiger partial charge in [0, 0.05) is 0 Å². The van der Waals surface area contributed by atoms with Crippen molar-refractivity contribution < 1.29 is 24.2 Å². The number of aliphatic hydroxyl groups is 1. The third-order valence-electron chi connectivity index (χ3n) is 3.13. The molecule has 2 atom stereocenters. The summed E-state index contributed by atoms with van der Waals surface area (Å²) in [4.78, 5) is 23.8. The molecule has 0 radical (unpaired) electrons. The highest BCUT2D eigenvalue weighted by Crippen LogP contribution is 2.13. The van der Waals surface area contributed by atoms with Gasteiger partial charge in [-0.3, -0.25) is 0 Å². The minimum Gasteiger partial charge on any atom is -0.449 e. The molecule has 7 nitrogen and oxygen atoms in total. The molecule has 7 heteroatoms. The molecule has 2 N–H and O–H groups in total. The fourth-order valence-electron chi connectivity index (χ4n) is 2.05. The van der Waals surface area contributed by atoms with Gasteiger partial charge < -0.3 is 14.6 Å². The van der Waals surface area contributed by atoms with Gasteiger partial charge in [0.05, 0.1) is 25.4 Å². The molecule has 128 valence electrons. The summed E-state index contributed by atoms with van der Waals surface area (Å²) in [6, 6.07) is 8.66. The zero-order chi connectivity index (χ0) is 17.2. The second kappa shape index (κ2) is 9.68. The van der Waals surface area contributed by atoms with Crippen molar-refractivity contribution in [2.75, 3.05) is 13.2 Å². The maximum absolute atomic E-state index is 12.1. The number of hydrazine groups is 1. The van der Waals surface area contributed by atoms with Crippen molar-refractivity contribution in [1.82, 2.24) is 10.4 Å². The van der Waals surface area contributed by atoms with E-state index in [-0.39, 0.29) is 13.2 Å². The molecular weight excluding hydrogens is 300 g/mol. The Morgan fingerprint density at radius 1 is 1.17 bits per heavy atom. The van der Waals surface area contributed by atoms with E-state index in [0.717, 1.165) is 10.6 Å². The van der Waals surface area contributed by atoms with E-state index in [1.165, 1.54) is 0 Å². The summed E-state index contributed by atoms with van der Waals surface area (Å²) in [6.45, 7) is 5.18. The number of amides is 2. The summed E-state index contributed by atoms with van der Waals surface area (Å²) >= 11 is 0. The molecule has 0 aromatic heterocycles. The highest BCUT2D eigenvalue weighted by molar-refractivity contribution is 5.74. The summed E-state index contributed by atoms with van der Waals surface area (Å²) in [7, 11) is 0. The molecule has 0 heterocycles. The third kappa shape index (κ3) is 6.15. The first kappa shape index (κ1) is 18.8. The zero-order valence-corrected chi connectivity index (χ0v) is 13.7. The summed E-state index contributed by atoms with van der Waals surface area (Å²) in [6.07, 6.45) is -2.06. The van der Waals surface area contributed by atoms with E-state index in [1.54, 1.807) is 20.8 Å². The van der Waals surface area contributed by atoms with E-state index in [9.17, 15) is 14.7 Å². The largest absolute Gasteiger partial charge is 0.449 e. The highest BCUT2D eigenvalue weighted by Gasteiger charge is 2.31. The second-order valence-corrected chi connectivity index (χ2v) is 4.90. The van der Waals surface area contributed by atoms with Crippen molar-refractivity contribution >= 4 is 12.2 Å². The van der Waals surface area contributed by atoms with Gasteiger partial charge in [-0.15, -0.1) is 0 Å². The average Bonchev–Trinajstić information content (AvgIpc) is 2.52. The number of nitrogens with one attached hydrogen (secondary N) is 1. The Labute approximate surface area is 136 Å². The molecule has 0 spiro atoms. The van der Waals surface area contributed by atoms with E-state index in [0.29, 0.717) is 6.42 Å². The number of hydrogen-bond acceptors (Lipinski definition) is 5. The molecule has 0 aliphatic rings. The van der Waals surface area contributed by atoms with E-state index >= 15 is 0 Å². The molecule has 1 aromatic rings. The molecule has 2 amide bonds. The van der Waals surface area contributed by atoms with Crippen molar-refractivity contribution in [3.63, 3.8) is 0 Å². The Balaban J connectivity index is 2.96. The van der Waals surface area contributed by atoms with Gasteiger partial charge in [-0.05, 0) is 32.8 Å². The minimum absolute atomic E-state index is 0.151. The highest BCUT2D eigenvalue weighted by atomic mass is 16.6. The summed E-state index contributed by atoms with van der Waals surface area (Å²) < 4.78 is 9.76. The molecule has 0 saturated heterocycles. The molecule has 0 unspecified atom stereocenters. The number of ether oxygens (including phenoxy) is 2. The first-order valence-electron chi connectivity index (χ1n) is 7.60. The van der Waals surface area contributed by atoms with E-state index < -0.39 is 24.3 Å². The third-order valence-corrected chi connectivity index (χ3v) is 3.13. The van der Waals surface area contributed by atoms with Gasteiger partial charge in [0.25, 0.3) is 0 Å². The van der Waals surface area contributed by atoms with Gasteiger partial charge in [-0.1, -0.05) is 30.3 Å².